The van der Waals surface area contributed by atoms with Crippen LogP contribution in [0.15, 0.2) is 36.7 Å². The molecule has 0 aliphatic carbocycles. The number of rotatable bonds is 5. The zero-order chi connectivity index (χ0) is 15.5. The number of hydrogen-bond donors (Lipinski definition) is 1. The summed E-state index contributed by atoms with van der Waals surface area (Å²) >= 11 is 5.97. The molecule has 2 aromatic rings. The first-order chi connectivity index (χ1) is 9.85. The Kier molecular flexibility index (Phi) is 4.80. The molecule has 0 atom stereocenters. The Hall–Kier alpha value is -1.66. The third-order valence-electron chi connectivity index (χ3n) is 2.83. The van der Waals surface area contributed by atoms with Crippen LogP contribution in [-0.4, -0.2) is 19.7 Å². The van der Waals surface area contributed by atoms with Crippen molar-refractivity contribution in [3.8, 4) is 0 Å². The van der Waals surface area contributed by atoms with E-state index in [0.717, 1.165) is 6.26 Å². The van der Waals surface area contributed by atoms with Crippen molar-refractivity contribution >= 4 is 27.1 Å². The van der Waals surface area contributed by atoms with Crippen molar-refractivity contribution in [2.24, 2.45) is 0 Å². The highest BCUT2D eigenvalue weighted by Gasteiger charge is 2.11. The van der Waals surface area contributed by atoms with Crippen LogP contribution in [0.3, 0.4) is 0 Å². The Balaban J connectivity index is 2.23. The van der Waals surface area contributed by atoms with E-state index >= 15 is 0 Å². The van der Waals surface area contributed by atoms with Crippen molar-refractivity contribution in [2.45, 2.75) is 12.3 Å². The molecular formula is C14H14ClFN2O2S. The van der Waals surface area contributed by atoms with Gasteiger partial charge in [-0.3, -0.25) is 4.98 Å². The lowest BCUT2D eigenvalue weighted by atomic mass is 10.1. The Morgan fingerprint density at radius 1 is 1.29 bits per heavy atom. The van der Waals surface area contributed by atoms with Crippen LogP contribution in [0.2, 0.25) is 5.02 Å². The first-order valence-corrected chi connectivity index (χ1v) is 8.57. The molecule has 0 aliphatic rings. The van der Waals surface area contributed by atoms with Crippen LogP contribution in [0.1, 0.15) is 11.1 Å². The van der Waals surface area contributed by atoms with Crippen LogP contribution in [0, 0.1) is 5.82 Å². The Labute approximate surface area is 127 Å². The number of benzene rings is 1. The van der Waals surface area contributed by atoms with Gasteiger partial charge in [-0.05, 0) is 29.3 Å². The molecule has 1 N–H and O–H groups in total. The van der Waals surface area contributed by atoms with E-state index in [2.05, 4.69) is 10.3 Å². The second-order valence-corrected chi connectivity index (χ2v) is 7.24. The number of pyridine rings is 1. The van der Waals surface area contributed by atoms with E-state index in [1.54, 1.807) is 12.3 Å². The molecule has 0 amide bonds. The Bertz CT molecular complexity index is 750. The summed E-state index contributed by atoms with van der Waals surface area (Å²) < 4.78 is 36.2. The maximum absolute atomic E-state index is 13.4. The van der Waals surface area contributed by atoms with Crippen LogP contribution in [-0.2, 0) is 22.1 Å². The van der Waals surface area contributed by atoms with E-state index in [0.29, 0.717) is 21.8 Å². The van der Waals surface area contributed by atoms with Crippen LogP contribution in [0.4, 0.5) is 10.1 Å². The molecule has 0 saturated carbocycles. The molecule has 0 aliphatic heterocycles. The largest absolute Gasteiger partial charge is 0.380 e. The number of nitrogens with zero attached hydrogens (tertiary/aromatic N) is 1. The van der Waals surface area contributed by atoms with Gasteiger partial charge in [0.05, 0.1) is 16.5 Å². The summed E-state index contributed by atoms with van der Waals surface area (Å²) in [7, 11) is -3.19. The number of sulfone groups is 1. The average Bonchev–Trinajstić information content (AvgIpc) is 2.39. The van der Waals surface area contributed by atoms with Gasteiger partial charge in [-0.15, -0.1) is 0 Å². The predicted octanol–water partition coefficient (Wildman–Crippen LogP) is 3.03. The highest BCUT2D eigenvalue weighted by atomic mass is 35.5. The van der Waals surface area contributed by atoms with Gasteiger partial charge >= 0.3 is 0 Å². The summed E-state index contributed by atoms with van der Waals surface area (Å²) in [5.41, 5.74) is 1.80. The normalized spacial score (nSPS) is 11.4. The van der Waals surface area contributed by atoms with Crippen molar-refractivity contribution in [3.05, 3.63) is 58.6 Å². The van der Waals surface area contributed by atoms with Gasteiger partial charge in [0.2, 0.25) is 0 Å². The average molecular weight is 329 g/mol. The third kappa shape index (κ3) is 4.68. The van der Waals surface area contributed by atoms with Crippen LogP contribution in [0.5, 0.6) is 0 Å². The minimum atomic E-state index is -3.19. The fourth-order valence-corrected chi connectivity index (χ4v) is 2.92. The molecule has 4 nitrogen and oxygen atoms in total. The molecule has 21 heavy (non-hydrogen) atoms. The highest BCUT2D eigenvalue weighted by molar-refractivity contribution is 7.89. The lowest BCUT2D eigenvalue weighted by molar-refractivity contribution is 0.600. The zero-order valence-corrected chi connectivity index (χ0v) is 12.9. The van der Waals surface area contributed by atoms with E-state index < -0.39 is 15.7 Å². The summed E-state index contributed by atoms with van der Waals surface area (Å²) in [6.45, 7) is 0.270. The molecule has 1 aromatic heterocycles. The number of hydrogen-bond acceptors (Lipinski definition) is 4. The number of halogens is 2. The Morgan fingerprint density at radius 2 is 2.05 bits per heavy atom. The minimum absolute atomic E-state index is 0.131. The van der Waals surface area contributed by atoms with Crippen molar-refractivity contribution < 1.29 is 12.8 Å². The first-order valence-electron chi connectivity index (χ1n) is 6.13. The quantitative estimate of drug-likeness (QED) is 0.916. The molecule has 0 radical (unpaired) electrons. The summed E-state index contributed by atoms with van der Waals surface area (Å²) in [6.07, 6.45) is 4.22. The van der Waals surface area contributed by atoms with E-state index in [1.807, 2.05) is 0 Å². The van der Waals surface area contributed by atoms with Crippen molar-refractivity contribution in [1.82, 2.24) is 4.98 Å². The summed E-state index contributed by atoms with van der Waals surface area (Å²) in [5.74, 6) is -0.543. The van der Waals surface area contributed by atoms with Gasteiger partial charge in [0.15, 0.2) is 9.84 Å². The molecular weight excluding hydrogens is 315 g/mol. The molecule has 0 bridgehead atoms. The van der Waals surface area contributed by atoms with Crippen molar-refractivity contribution in [2.75, 3.05) is 11.6 Å². The van der Waals surface area contributed by atoms with Crippen LogP contribution < -0.4 is 5.32 Å². The number of aromatic nitrogens is 1. The molecule has 0 spiro atoms. The number of anilines is 1. The van der Waals surface area contributed by atoms with Gasteiger partial charge in [-0.2, -0.15) is 0 Å². The zero-order valence-electron chi connectivity index (χ0n) is 11.3. The first kappa shape index (κ1) is 15.7. The third-order valence-corrected chi connectivity index (χ3v) is 3.96. The highest BCUT2D eigenvalue weighted by Crippen LogP contribution is 2.21. The van der Waals surface area contributed by atoms with Gasteiger partial charge in [-0.25, -0.2) is 12.8 Å². The number of nitrogens with one attached hydrogen (secondary N) is 1. The maximum atomic E-state index is 13.4. The molecule has 1 heterocycles. The summed E-state index contributed by atoms with van der Waals surface area (Å²) in [6, 6.07) is 5.76. The predicted molar refractivity (Wildman–Crippen MR) is 81.5 cm³/mol. The lowest BCUT2D eigenvalue weighted by Gasteiger charge is -2.12. The van der Waals surface area contributed by atoms with Gasteiger partial charge in [-0.1, -0.05) is 17.7 Å². The maximum Gasteiger partial charge on any atom is 0.151 e. The molecule has 7 heteroatoms. The topological polar surface area (TPSA) is 59.1 Å². The van der Waals surface area contributed by atoms with Gasteiger partial charge < -0.3 is 5.32 Å². The molecule has 112 valence electrons. The van der Waals surface area contributed by atoms with E-state index in [1.165, 1.54) is 24.4 Å². The van der Waals surface area contributed by atoms with Gasteiger partial charge in [0.25, 0.3) is 0 Å². The summed E-state index contributed by atoms with van der Waals surface area (Å²) in [5, 5.41) is 3.49. The molecule has 1 aromatic carbocycles. The SMILES string of the molecule is CS(=O)(=O)Cc1ccc(F)cc1CNc1ccncc1Cl. The second kappa shape index (κ2) is 6.41. The van der Waals surface area contributed by atoms with Crippen LogP contribution >= 0.6 is 11.6 Å². The standard InChI is InChI=1S/C14H14ClFN2O2S/c1-21(19,20)9-10-2-3-12(16)6-11(10)7-18-14-4-5-17-8-13(14)15/h2-6,8H,7,9H2,1H3,(H,17,18). The van der Waals surface area contributed by atoms with E-state index in [9.17, 15) is 12.8 Å². The molecule has 0 unspecified atom stereocenters. The van der Waals surface area contributed by atoms with Gasteiger partial charge in [0, 0.05) is 25.2 Å². The second-order valence-electron chi connectivity index (χ2n) is 4.69. The van der Waals surface area contributed by atoms with Gasteiger partial charge in [0.1, 0.15) is 5.82 Å². The smallest absolute Gasteiger partial charge is 0.151 e. The van der Waals surface area contributed by atoms with Crippen LogP contribution in [0.25, 0.3) is 0 Å². The minimum Gasteiger partial charge on any atom is -0.380 e. The van der Waals surface area contributed by atoms with Crippen molar-refractivity contribution in [1.29, 1.82) is 0 Å². The lowest BCUT2D eigenvalue weighted by Crippen LogP contribution is -2.08. The molecule has 2 rings (SSSR count). The van der Waals surface area contributed by atoms with Crippen molar-refractivity contribution in [3.63, 3.8) is 0 Å². The molecule has 0 fully saturated rings. The fourth-order valence-electron chi connectivity index (χ4n) is 1.89. The van der Waals surface area contributed by atoms with E-state index in [-0.39, 0.29) is 12.3 Å². The van der Waals surface area contributed by atoms with E-state index in [4.69, 9.17) is 11.6 Å². The Morgan fingerprint density at radius 3 is 2.71 bits per heavy atom. The molecule has 0 saturated heterocycles. The fraction of sp³-hybridized carbons (Fsp3) is 0.214. The summed E-state index contributed by atoms with van der Waals surface area (Å²) in [4.78, 5) is 3.87. The monoisotopic (exact) mass is 328 g/mol.